The average Bonchev–Trinajstić information content (AvgIpc) is 2.53. The van der Waals surface area contributed by atoms with Crippen molar-refractivity contribution in [3.63, 3.8) is 0 Å². The highest BCUT2D eigenvalue weighted by atomic mass is 16.5. The Labute approximate surface area is 133 Å². The predicted octanol–water partition coefficient (Wildman–Crippen LogP) is 3.73. The van der Waals surface area contributed by atoms with Gasteiger partial charge in [0.25, 0.3) is 0 Å². The van der Waals surface area contributed by atoms with Gasteiger partial charge in [0.2, 0.25) is 0 Å². The van der Waals surface area contributed by atoms with Gasteiger partial charge in [-0.1, -0.05) is 43.3 Å². The van der Waals surface area contributed by atoms with E-state index in [2.05, 4.69) is 55.3 Å². The molecule has 0 radical (unpaired) electrons. The van der Waals surface area contributed by atoms with E-state index in [0.29, 0.717) is 6.61 Å². The molecule has 0 saturated carbocycles. The fourth-order valence-corrected chi connectivity index (χ4v) is 2.39. The Hall–Kier alpha value is -2.00. The first-order valence-corrected chi connectivity index (χ1v) is 7.92. The molecule has 0 heterocycles. The molecule has 0 aliphatic rings. The SMILES string of the molecule is CCCOc1ccc(CCN(C)Cc2ccccc2)cc1N. The van der Waals surface area contributed by atoms with Gasteiger partial charge in [-0.15, -0.1) is 0 Å². The Balaban J connectivity index is 1.84. The lowest BCUT2D eigenvalue weighted by molar-refractivity contribution is 0.318. The van der Waals surface area contributed by atoms with Crippen LogP contribution < -0.4 is 10.5 Å². The minimum Gasteiger partial charge on any atom is -0.491 e. The smallest absolute Gasteiger partial charge is 0.142 e. The van der Waals surface area contributed by atoms with E-state index in [1.165, 1.54) is 11.1 Å². The number of hydrogen-bond donors (Lipinski definition) is 1. The molecule has 0 fully saturated rings. The van der Waals surface area contributed by atoms with Gasteiger partial charge < -0.3 is 15.4 Å². The molecule has 2 N–H and O–H groups in total. The third-order valence-corrected chi connectivity index (χ3v) is 3.61. The summed E-state index contributed by atoms with van der Waals surface area (Å²) in [6, 6.07) is 16.7. The molecule has 0 bridgehead atoms. The lowest BCUT2D eigenvalue weighted by Crippen LogP contribution is -2.20. The number of nitrogens with two attached hydrogens (primary N) is 1. The predicted molar refractivity (Wildman–Crippen MR) is 93.1 cm³/mol. The fraction of sp³-hybridized carbons (Fsp3) is 0.368. The second-order valence-electron chi connectivity index (χ2n) is 5.69. The van der Waals surface area contributed by atoms with E-state index >= 15 is 0 Å². The molecule has 0 aliphatic carbocycles. The number of nitrogen functional groups attached to an aromatic ring is 1. The summed E-state index contributed by atoms with van der Waals surface area (Å²) in [4.78, 5) is 2.33. The molecule has 3 heteroatoms. The van der Waals surface area contributed by atoms with Gasteiger partial charge in [0.05, 0.1) is 12.3 Å². The molecule has 0 spiro atoms. The Bertz CT molecular complexity index is 569. The number of rotatable bonds is 8. The summed E-state index contributed by atoms with van der Waals surface area (Å²) in [5.74, 6) is 0.795. The Kier molecular flexibility index (Phi) is 6.28. The monoisotopic (exact) mass is 298 g/mol. The minimum absolute atomic E-state index is 0.712. The number of anilines is 1. The lowest BCUT2D eigenvalue weighted by Gasteiger charge is -2.17. The van der Waals surface area contributed by atoms with E-state index in [-0.39, 0.29) is 0 Å². The van der Waals surface area contributed by atoms with Crippen LogP contribution in [0.15, 0.2) is 48.5 Å². The Morgan fingerprint density at radius 2 is 1.82 bits per heavy atom. The quantitative estimate of drug-likeness (QED) is 0.755. The van der Waals surface area contributed by atoms with E-state index < -0.39 is 0 Å². The zero-order chi connectivity index (χ0) is 15.8. The largest absolute Gasteiger partial charge is 0.491 e. The van der Waals surface area contributed by atoms with Gasteiger partial charge in [0.1, 0.15) is 5.75 Å². The van der Waals surface area contributed by atoms with Crippen molar-refractivity contribution in [2.24, 2.45) is 0 Å². The zero-order valence-electron chi connectivity index (χ0n) is 13.6. The van der Waals surface area contributed by atoms with Crippen LogP contribution in [0, 0.1) is 0 Å². The van der Waals surface area contributed by atoms with Crippen molar-refractivity contribution in [1.82, 2.24) is 4.90 Å². The molecule has 3 nitrogen and oxygen atoms in total. The van der Waals surface area contributed by atoms with E-state index in [9.17, 15) is 0 Å². The normalized spacial score (nSPS) is 10.9. The van der Waals surface area contributed by atoms with Crippen LogP contribution in [0.5, 0.6) is 5.75 Å². The van der Waals surface area contributed by atoms with Crippen molar-refractivity contribution in [3.05, 3.63) is 59.7 Å². The molecular formula is C19H26N2O. The van der Waals surface area contributed by atoms with Gasteiger partial charge in [-0.25, -0.2) is 0 Å². The molecule has 0 aromatic heterocycles. The highest BCUT2D eigenvalue weighted by Crippen LogP contribution is 2.23. The number of hydrogen-bond acceptors (Lipinski definition) is 3. The first kappa shape index (κ1) is 16.4. The van der Waals surface area contributed by atoms with Gasteiger partial charge >= 0.3 is 0 Å². The third-order valence-electron chi connectivity index (χ3n) is 3.61. The van der Waals surface area contributed by atoms with Gasteiger partial charge in [0.15, 0.2) is 0 Å². The summed E-state index contributed by atoms with van der Waals surface area (Å²) < 4.78 is 5.61. The average molecular weight is 298 g/mol. The van der Waals surface area contributed by atoms with Crippen LogP contribution in [0.3, 0.4) is 0 Å². The maximum absolute atomic E-state index is 6.05. The molecule has 2 aromatic carbocycles. The molecule has 0 amide bonds. The summed E-state index contributed by atoms with van der Waals surface area (Å²) in [5, 5.41) is 0. The second kappa shape index (κ2) is 8.44. The number of likely N-dealkylation sites (N-methyl/N-ethyl adjacent to an activating group) is 1. The molecular weight excluding hydrogens is 272 g/mol. The summed E-state index contributed by atoms with van der Waals surface area (Å²) in [5.41, 5.74) is 9.38. The van der Waals surface area contributed by atoms with Crippen LogP contribution in [0.2, 0.25) is 0 Å². The van der Waals surface area contributed by atoms with Crippen LogP contribution in [0.4, 0.5) is 5.69 Å². The summed E-state index contributed by atoms with van der Waals surface area (Å²) in [6.45, 7) is 4.77. The van der Waals surface area contributed by atoms with Crippen molar-refractivity contribution in [1.29, 1.82) is 0 Å². The highest BCUT2D eigenvalue weighted by Gasteiger charge is 2.04. The molecule has 0 saturated heterocycles. The third kappa shape index (κ3) is 5.08. The molecule has 118 valence electrons. The van der Waals surface area contributed by atoms with Crippen molar-refractivity contribution in [3.8, 4) is 5.75 Å². The molecule has 0 atom stereocenters. The second-order valence-corrected chi connectivity index (χ2v) is 5.69. The van der Waals surface area contributed by atoms with Gasteiger partial charge in [0, 0.05) is 13.1 Å². The first-order valence-electron chi connectivity index (χ1n) is 7.92. The highest BCUT2D eigenvalue weighted by molar-refractivity contribution is 5.54. The number of nitrogens with zero attached hydrogens (tertiary/aromatic N) is 1. The summed E-state index contributed by atoms with van der Waals surface area (Å²) >= 11 is 0. The standard InChI is InChI=1S/C19H26N2O/c1-3-13-22-19-10-9-16(14-18(19)20)11-12-21(2)15-17-7-5-4-6-8-17/h4-10,14H,3,11-13,15,20H2,1-2H3. The van der Waals surface area contributed by atoms with Crippen LogP contribution in [0.1, 0.15) is 24.5 Å². The van der Waals surface area contributed by atoms with Gasteiger partial charge in [-0.2, -0.15) is 0 Å². The maximum Gasteiger partial charge on any atom is 0.142 e. The topological polar surface area (TPSA) is 38.5 Å². The summed E-state index contributed by atoms with van der Waals surface area (Å²) in [6.07, 6.45) is 1.98. The lowest BCUT2D eigenvalue weighted by atomic mass is 10.1. The van der Waals surface area contributed by atoms with Gasteiger partial charge in [-0.3, -0.25) is 0 Å². The maximum atomic E-state index is 6.05. The number of ether oxygens (including phenoxy) is 1. The number of benzene rings is 2. The molecule has 22 heavy (non-hydrogen) atoms. The Morgan fingerprint density at radius 1 is 1.05 bits per heavy atom. The van der Waals surface area contributed by atoms with Crippen molar-refractivity contribution in [2.75, 3.05) is 25.9 Å². The molecule has 2 rings (SSSR count). The zero-order valence-corrected chi connectivity index (χ0v) is 13.6. The van der Waals surface area contributed by atoms with Crippen molar-refractivity contribution < 1.29 is 4.74 Å². The van der Waals surface area contributed by atoms with Crippen LogP contribution in [-0.2, 0) is 13.0 Å². The fourth-order valence-electron chi connectivity index (χ4n) is 2.39. The molecule has 2 aromatic rings. The van der Waals surface area contributed by atoms with E-state index in [0.717, 1.165) is 37.4 Å². The molecule has 0 aliphatic heterocycles. The van der Waals surface area contributed by atoms with Crippen molar-refractivity contribution in [2.45, 2.75) is 26.3 Å². The molecule has 0 unspecified atom stereocenters. The Morgan fingerprint density at radius 3 is 2.50 bits per heavy atom. The van der Waals surface area contributed by atoms with E-state index in [1.807, 2.05) is 12.1 Å². The van der Waals surface area contributed by atoms with Crippen LogP contribution in [-0.4, -0.2) is 25.1 Å². The minimum atomic E-state index is 0.712. The van der Waals surface area contributed by atoms with Crippen LogP contribution >= 0.6 is 0 Å². The van der Waals surface area contributed by atoms with Crippen LogP contribution in [0.25, 0.3) is 0 Å². The van der Waals surface area contributed by atoms with Gasteiger partial charge in [-0.05, 0) is 43.1 Å². The van der Waals surface area contributed by atoms with Crippen molar-refractivity contribution >= 4 is 5.69 Å². The van der Waals surface area contributed by atoms with E-state index in [4.69, 9.17) is 10.5 Å². The first-order chi connectivity index (χ1) is 10.7. The summed E-state index contributed by atoms with van der Waals surface area (Å²) in [7, 11) is 2.15. The van der Waals surface area contributed by atoms with E-state index in [1.54, 1.807) is 0 Å².